The Hall–Kier alpha value is -2.29. The van der Waals surface area contributed by atoms with E-state index in [0.717, 1.165) is 6.20 Å². The second-order valence-corrected chi connectivity index (χ2v) is 3.31. The van der Waals surface area contributed by atoms with Crippen LogP contribution in [0.25, 0.3) is 11.1 Å². The molecule has 17 heavy (non-hydrogen) atoms. The van der Waals surface area contributed by atoms with Crippen molar-refractivity contribution in [2.75, 3.05) is 0 Å². The van der Waals surface area contributed by atoms with Gasteiger partial charge in [-0.3, -0.25) is 5.10 Å². The molecule has 0 bridgehead atoms. The molecule has 0 aliphatic rings. The molecule has 86 valence electrons. The molecule has 2 rings (SSSR count). The summed E-state index contributed by atoms with van der Waals surface area (Å²) in [6.07, 6.45) is -3.45. The lowest BCUT2D eigenvalue weighted by atomic mass is 10.0. The summed E-state index contributed by atoms with van der Waals surface area (Å²) in [5, 5.41) is 14.1. The van der Waals surface area contributed by atoms with E-state index in [4.69, 9.17) is 5.26 Å². The van der Waals surface area contributed by atoms with Gasteiger partial charge in [0.15, 0.2) is 0 Å². The van der Waals surface area contributed by atoms with E-state index in [9.17, 15) is 13.2 Å². The highest BCUT2D eigenvalue weighted by atomic mass is 19.4. The van der Waals surface area contributed by atoms with Crippen molar-refractivity contribution in [1.29, 1.82) is 5.26 Å². The molecule has 0 amide bonds. The number of nitrogens with zero attached hydrogens (tertiary/aromatic N) is 2. The van der Waals surface area contributed by atoms with E-state index in [1.165, 1.54) is 12.1 Å². The van der Waals surface area contributed by atoms with Crippen LogP contribution in [0.4, 0.5) is 13.2 Å². The van der Waals surface area contributed by atoms with Crippen LogP contribution in [0, 0.1) is 11.3 Å². The highest BCUT2D eigenvalue weighted by molar-refractivity contribution is 5.72. The van der Waals surface area contributed by atoms with Crippen molar-refractivity contribution in [1.82, 2.24) is 10.2 Å². The number of H-pyrrole nitrogens is 1. The summed E-state index contributed by atoms with van der Waals surface area (Å²) in [4.78, 5) is 0. The van der Waals surface area contributed by atoms with Crippen LogP contribution in [-0.2, 0) is 6.18 Å². The SMILES string of the molecule is N#Cc1ccccc1-c1cn[nH]c1C(F)(F)F. The molecule has 3 nitrogen and oxygen atoms in total. The second-order valence-electron chi connectivity index (χ2n) is 3.31. The van der Waals surface area contributed by atoms with Crippen molar-refractivity contribution in [3.05, 3.63) is 41.7 Å². The average molecular weight is 237 g/mol. The Labute approximate surface area is 94.5 Å². The number of halogens is 3. The number of nitrogens with one attached hydrogen (secondary N) is 1. The normalized spacial score (nSPS) is 11.2. The van der Waals surface area contributed by atoms with Gasteiger partial charge in [0.1, 0.15) is 5.69 Å². The van der Waals surface area contributed by atoms with Crippen molar-refractivity contribution < 1.29 is 13.2 Å². The number of benzene rings is 1. The highest BCUT2D eigenvalue weighted by Gasteiger charge is 2.36. The van der Waals surface area contributed by atoms with Crippen molar-refractivity contribution in [2.24, 2.45) is 0 Å². The number of aromatic nitrogens is 2. The molecule has 0 unspecified atom stereocenters. The molecule has 2 aromatic rings. The van der Waals surface area contributed by atoms with Crippen LogP contribution in [0.5, 0.6) is 0 Å². The Morgan fingerprint density at radius 1 is 1.18 bits per heavy atom. The molecule has 1 aromatic heterocycles. The number of alkyl halides is 3. The molecular weight excluding hydrogens is 231 g/mol. The van der Waals surface area contributed by atoms with E-state index in [0.29, 0.717) is 0 Å². The van der Waals surface area contributed by atoms with Crippen LogP contribution >= 0.6 is 0 Å². The van der Waals surface area contributed by atoms with Crippen LogP contribution in [-0.4, -0.2) is 10.2 Å². The largest absolute Gasteiger partial charge is 0.433 e. The van der Waals surface area contributed by atoms with E-state index in [-0.39, 0.29) is 16.7 Å². The minimum absolute atomic E-state index is 0.116. The van der Waals surface area contributed by atoms with Gasteiger partial charge in [0.05, 0.1) is 17.8 Å². The minimum Gasteiger partial charge on any atom is -0.273 e. The minimum atomic E-state index is -4.52. The summed E-state index contributed by atoms with van der Waals surface area (Å²) < 4.78 is 37.9. The number of hydrogen-bond acceptors (Lipinski definition) is 2. The van der Waals surface area contributed by atoms with Gasteiger partial charge >= 0.3 is 6.18 Å². The first-order chi connectivity index (χ1) is 8.04. The van der Waals surface area contributed by atoms with Crippen molar-refractivity contribution in [3.63, 3.8) is 0 Å². The third-order valence-corrected chi connectivity index (χ3v) is 2.26. The van der Waals surface area contributed by atoms with E-state index in [2.05, 4.69) is 5.10 Å². The number of rotatable bonds is 1. The van der Waals surface area contributed by atoms with Crippen LogP contribution in [0.2, 0.25) is 0 Å². The third kappa shape index (κ3) is 1.99. The molecule has 1 aromatic carbocycles. The van der Waals surface area contributed by atoms with Gasteiger partial charge in [0, 0.05) is 11.1 Å². The maximum absolute atomic E-state index is 12.6. The lowest BCUT2D eigenvalue weighted by Crippen LogP contribution is -2.07. The molecule has 0 saturated carbocycles. The van der Waals surface area contributed by atoms with Gasteiger partial charge in [-0.2, -0.15) is 23.5 Å². The summed E-state index contributed by atoms with van der Waals surface area (Å²) in [5.74, 6) is 0. The average Bonchev–Trinajstić information content (AvgIpc) is 2.77. The fourth-order valence-electron chi connectivity index (χ4n) is 1.52. The monoisotopic (exact) mass is 237 g/mol. The third-order valence-electron chi connectivity index (χ3n) is 2.26. The summed E-state index contributed by atoms with van der Waals surface area (Å²) >= 11 is 0. The van der Waals surface area contributed by atoms with Gasteiger partial charge in [-0.1, -0.05) is 18.2 Å². The molecular formula is C11H6F3N3. The zero-order valence-electron chi connectivity index (χ0n) is 8.42. The first-order valence-electron chi connectivity index (χ1n) is 4.64. The molecule has 0 aliphatic carbocycles. The zero-order valence-corrected chi connectivity index (χ0v) is 8.42. The van der Waals surface area contributed by atoms with E-state index < -0.39 is 11.9 Å². The Balaban J connectivity index is 2.63. The van der Waals surface area contributed by atoms with Crippen LogP contribution in [0.3, 0.4) is 0 Å². The lowest BCUT2D eigenvalue weighted by Gasteiger charge is -2.07. The summed E-state index contributed by atoms with van der Waals surface area (Å²) in [7, 11) is 0. The predicted molar refractivity (Wildman–Crippen MR) is 53.7 cm³/mol. The first-order valence-corrected chi connectivity index (χ1v) is 4.64. The number of hydrogen-bond donors (Lipinski definition) is 1. The summed E-state index contributed by atoms with van der Waals surface area (Å²) in [6.45, 7) is 0. The van der Waals surface area contributed by atoms with Gasteiger partial charge < -0.3 is 0 Å². The van der Waals surface area contributed by atoms with E-state index >= 15 is 0 Å². The van der Waals surface area contributed by atoms with E-state index in [1.54, 1.807) is 12.1 Å². The Bertz CT molecular complexity index is 578. The zero-order chi connectivity index (χ0) is 12.5. The van der Waals surface area contributed by atoms with Crippen molar-refractivity contribution in [2.45, 2.75) is 6.18 Å². The molecule has 0 spiro atoms. The topological polar surface area (TPSA) is 52.5 Å². The van der Waals surface area contributed by atoms with Crippen LogP contribution in [0.1, 0.15) is 11.3 Å². The smallest absolute Gasteiger partial charge is 0.273 e. The van der Waals surface area contributed by atoms with Crippen molar-refractivity contribution in [3.8, 4) is 17.2 Å². The quantitative estimate of drug-likeness (QED) is 0.828. The number of nitriles is 1. The standard InChI is InChI=1S/C11H6F3N3/c12-11(13,14)10-9(6-16-17-10)8-4-2-1-3-7(8)5-15/h1-4,6H,(H,16,17). The molecule has 6 heteroatoms. The lowest BCUT2D eigenvalue weighted by molar-refractivity contribution is -0.140. The molecule has 0 radical (unpaired) electrons. The summed E-state index contributed by atoms with van der Waals surface area (Å²) in [5.41, 5.74) is -0.662. The van der Waals surface area contributed by atoms with Crippen LogP contribution in [0.15, 0.2) is 30.5 Å². The Kier molecular flexibility index (Phi) is 2.60. The van der Waals surface area contributed by atoms with Gasteiger partial charge in [0.25, 0.3) is 0 Å². The van der Waals surface area contributed by atoms with Gasteiger partial charge in [-0.05, 0) is 6.07 Å². The van der Waals surface area contributed by atoms with Gasteiger partial charge in [-0.15, -0.1) is 0 Å². The fourth-order valence-corrected chi connectivity index (χ4v) is 1.52. The Morgan fingerprint density at radius 3 is 2.53 bits per heavy atom. The Morgan fingerprint density at radius 2 is 1.88 bits per heavy atom. The maximum atomic E-state index is 12.6. The highest BCUT2D eigenvalue weighted by Crippen LogP contribution is 2.36. The fraction of sp³-hybridized carbons (Fsp3) is 0.0909. The van der Waals surface area contributed by atoms with Gasteiger partial charge in [-0.25, -0.2) is 0 Å². The molecule has 1 N–H and O–H groups in total. The van der Waals surface area contributed by atoms with E-state index in [1.807, 2.05) is 11.2 Å². The van der Waals surface area contributed by atoms with Gasteiger partial charge in [0.2, 0.25) is 0 Å². The van der Waals surface area contributed by atoms with Crippen LogP contribution < -0.4 is 0 Å². The number of aromatic amines is 1. The molecule has 0 atom stereocenters. The molecule has 0 fully saturated rings. The maximum Gasteiger partial charge on any atom is 0.433 e. The molecule has 0 aliphatic heterocycles. The van der Waals surface area contributed by atoms with Crippen molar-refractivity contribution >= 4 is 0 Å². The predicted octanol–water partition coefficient (Wildman–Crippen LogP) is 2.97. The second kappa shape index (κ2) is 3.94. The molecule has 0 saturated heterocycles. The molecule has 1 heterocycles. The first kappa shape index (κ1) is 11.2. The summed E-state index contributed by atoms with van der Waals surface area (Å²) in [6, 6.07) is 7.94.